The number of nitrogens with zero attached hydrogens (tertiary/aromatic N) is 1. The van der Waals surface area contributed by atoms with Gasteiger partial charge in [-0.1, -0.05) is 17.7 Å². The Hall–Kier alpha value is -2.89. The molecule has 1 heterocycles. The second-order valence-electron chi connectivity index (χ2n) is 7.74. The van der Waals surface area contributed by atoms with E-state index in [1.54, 1.807) is 20.8 Å². The van der Waals surface area contributed by atoms with E-state index in [0.717, 1.165) is 26.8 Å². The molecular weight excluding hydrogens is 346 g/mol. The summed E-state index contributed by atoms with van der Waals surface area (Å²) in [5, 5.41) is 9.44. The molecule has 144 valence electrons. The Morgan fingerprint density at radius 3 is 2.11 bits per heavy atom. The zero-order valence-corrected chi connectivity index (χ0v) is 16.5. The summed E-state index contributed by atoms with van der Waals surface area (Å²) in [5.41, 5.74) is 2.63. The maximum Gasteiger partial charge on any atom is 0.341 e. The first kappa shape index (κ1) is 20.4. The molecule has 6 heteroatoms. The summed E-state index contributed by atoms with van der Waals surface area (Å²) in [5.74, 6) is -1.93. The van der Waals surface area contributed by atoms with E-state index >= 15 is 0 Å². The number of carbonyl (C=O) groups excluding carboxylic acids is 1. The number of aromatic carboxylic acids is 1. The fourth-order valence-corrected chi connectivity index (χ4v) is 3.19. The van der Waals surface area contributed by atoms with E-state index < -0.39 is 23.1 Å². The number of pyridine rings is 1. The molecule has 0 saturated heterocycles. The van der Waals surface area contributed by atoms with E-state index in [1.807, 2.05) is 32.9 Å². The van der Waals surface area contributed by atoms with Gasteiger partial charge in [0.2, 0.25) is 0 Å². The van der Waals surface area contributed by atoms with Crippen LogP contribution < -0.4 is 5.56 Å². The van der Waals surface area contributed by atoms with Crippen LogP contribution in [0.2, 0.25) is 0 Å². The summed E-state index contributed by atoms with van der Waals surface area (Å²) in [6, 6.07) is 5.35. The first-order chi connectivity index (χ1) is 12.4. The van der Waals surface area contributed by atoms with Crippen LogP contribution in [0.5, 0.6) is 0 Å². The van der Waals surface area contributed by atoms with Crippen molar-refractivity contribution in [2.75, 3.05) is 0 Å². The fourth-order valence-electron chi connectivity index (χ4n) is 3.19. The highest BCUT2D eigenvalue weighted by Crippen LogP contribution is 2.28. The smallest absolute Gasteiger partial charge is 0.341 e. The van der Waals surface area contributed by atoms with Crippen molar-refractivity contribution in [1.29, 1.82) is 0 Å². The molecule has 0 fully saturated rings. The van der Waals surface area contributed by atoms with Crippen LogP contribution >= 0.6 is 0 Å². The number of esters is 1. The molecule has 0 amide bonds. The number of rotatable bonds is 4. The van der Waals surface area contributed by atoms with Crippen LogP contribution in [0.25, 0.3) is 11.1 Å². The SMILES string of the molecule is Cc1cc(C)c(-c2cc(C(=O)O)c(=O)n(CC(=O)OC(C)(C)C)c2)c(C)c1. The monoisotopic (exact) mass is 371 g/mol. The highest BCUT2D eigenvalue weighted by atomic mass is 16.6. The molecule has 6 nitrogen and oxygen atoms in total. The van der Waals surface area contributed by atoms with Gasteiger partial charge >= 0.3 is 11.9 Å². The molecule has 1 aromatic heterocycles. The van der Waals surface area contributed by atoms with Crippen molar-refractivity contribution < 1.29 is 19.4 Å². The number of benzene rings is 1. The molecule has 2 rings (SSSR count). The summed E-state index contributed by atoms with van der Waals surface area (Å²) < 4.78 is 6.36. The van der Waals surface area contributed by atoms with E-state index in [1.165, 1.54) is 12.3 Å². The van der Waals surface area contributed by atoms with Crippen molar-refractivity contribution in [1.82, 2.24) is 4.57 Å². The summed E-state index contributed by atoms with van der Waals surface area (Å²) in [7, 11) is 0. The quantitative estimate of drug-likeness (QED) is 0.832. The Kier molecular flexibility index (Phi) is 5.59. The molecule has 0 aliphatic heterocycles. The number of hydrogen-bond donors (Lipinski definition) is 1. The van der Waals surface area contributed by atoms with Crippen LogP contribution in [0, 0.1) is 20.8 Å². The number of ether oxygens (including phenoxy) is 1. The standard InChI is InChI=1S/C21H25NO5/c1-12-7-13(2)18(14(3)8-12)15-9-16(20(25)26)19(24)22(10-15)11-17(23)27-21(4,5)6/h7-10H,11H2,1-6H3,(H,25,26). The first-order valence-electron chi connectivity index (χ1n) is 8.67. The Balaban J connectivity index is 2.62. The predicted octanol–water partition coefficient (Wildman–Crippen LogP) is 3.48. The van der Waals surface area contributed by atoms with Gasteiger partial charge < -0.3 is 14.4 Å². The van der Waals surface area contributed by atoms with Gasteiger partial charge in [0.1, 0.15) is 17.7 Å². The van der Waals surface area contributed by atoms with Gasteiger partial charge in [-0.3, -0.25) is 9.59 Å². The third-order valence-electron chi connectivity index (χ3n) is 4.00. The minimum absolute atomic E-state index is 0.353. The van der Waals surface area contributed by atoms with Crippen molar-refractivity contribution in [2.45, 2.75) is 53.7 Å². The average molecular weight is 371 g/mol. The highest BCUT2D eigenvalue weighted by molar-refractivity contribution is 5.89. The minimum Gasteiger partial charge on any atom is -0.477 e. The van der Waals surface area contributed by atoms with Crippen molar-refractivity contribution in [3.8, 4) is 11.1 Å². The van der Waals surface area contributed by atoms with E-state index in [2.05, 4.69) is 0 Å². The summed E-state index contributed by atoms with van der Waals surface area (Å²) in [4.78, 5) is 36.2. The maximum atomic E-state index is 12.5. The molecule has 0 radical (unpaired) electrons. The Morgan fingerprint density at radius 1 is 1.07 bits per heavy atom. The lowest BCUT2D eigenvalue weighted by atomic mass is 9.94. The van der Waals surface area contributed by atoms with E-state index in [4.69, 9.17) is 4.74 Å². The van der Waals surface area contributed by atoms with Gasteiger partial charge in [0.05, 0.1) is 0 Å². The van der Waals surface area contributed by atoms with Crippen LogP contribution in [0.1, 0.15) is 47.8 Å². The van der Waals surface area contributed by atoms with Gasteiger partial charge in [0.15, 0.2) is 0 Å². The average Bonchev–Trinajstić information content (AvgIpc) is 2.46. The lowest BCUT2D eigenvalue weighted by Gasteiger charge is -2.20. The Bertz CT molecular complexity index is 941. The van der Waals surface area contributed by atoms with Gasteiger partial charge in [0, 0.05) is 6.20 Å². The molecule has 0 aliphatic carbocycles. The van der Waals surface area contributed by atoms with Crippen LogP contribution in [-0.4, -0.2) is 27.2 Å². The van der Waals surface area contributed by atoms with Crippen molar-refractivity contribution >= 4 is 11.9 Å². The maximum absolute atomic E-state index is 12.5. The zero-order chi connectivity index (χ0) is 20.5. The molecule has 1 N–H and O–H groups in total. The number of carboxylic acids is 1. The molecule has 0 bridgehead atoms. The summed E-state index contributed by atoms with van der Waals surface area (Å²) in [6.07, 6.45) is 1.52. The summed E-state index contributed by atoms with van der Waals surface area (Å²) >= 11 is 0. The van der Waals surface area contributed by atoms with Gasteiger partial charge in [-0.25, -0.2) is 4.79 Å². The Morgan fingerprint density at radius 2 is 1.63 bits per heavy atom. The molecule has 1 aromatic carbocycles. The van der Waals surface area contributed by atoms with Crippen LogP contribution in [-0.2, 0) is 16.1 Å². The third-order valence-corrected chi connectivity index (χ3v) is 4.00. The van der Waals surface area contributed by atoms with Crippen molar-refractivity contribution in [2.24, 2.45) is 0 Å². The normalized spacial score (nSPS) is 11.3. The Labute approximate surface area is 158 Å². The second kappa shape index (κ2) is 7.39. The van der Waals surface area contributed by atoms with Gasteiger partial charge in [0.25, 0.3) is 5.56 Å². The largest absolute Gasteiger partial charge is 0.477 e. The first-order valence-corrected chi connectivity index (χ1v) is 8.67. The molecule has 0 aliphatic rings. The molecule has 0 spiro atoms. The fraction of sp³-hybridized carbons (Fsp3) is 0.381. The number of hydrogen-bond acceptors (Lipinski definition) is 4. The molecular formula is C21H25NO5. The van der Waals surface area contributed by atoms with E-state index in [0.29, 0.717) is 5.56 Å². The lowest BCUT2D eigenvalue weighted by Crippen LogP contribution is -2.32. The molecule has 0 unspecified atom stereocenters. The van der Waals surface area contributed by atoms with Crippen molar-refractivity contribution in [3.05, 3.63) is 57.0 Å². The molecule has 2 aromatic rings. The number of carboxylic acid groups (broad SMARTS) is 1. The van der Waals surface area contributed by atoms with Crippen LogP contribution in [0.4, 0.5) is 0 Å². The van der Waals surface area contributed by atoms with Crippen LogP contribution in [0.15, 0.2) is 29.2 Å². The van der Waals surface area contributed by atoms with Gasteiger partial charge in [-0.15, -0.1) is 0 Å². The third kappa shape index (κ3) is 4.84. The van der Waals surface area contributed by atoms with Gasteiger partial charge in [-0.2, -0.15) is 0 Å². The second-order valence-corrected chi connectivity index (χ2v) is 7.74. The molecule has 27 heavy (non-hydrogen) atoms. The van der Waals surface area contributed by atoms with Crippen LogP contribution in [0.3, 0.4) is 0 Å². The summed E-state index contributed by atoms with van der Waals surface area (Å²) in [6.45, 7) is 10.7. The van der Waals surface area contributed by atoms with Crippen molar-refractivity contribution in [3.63, 3.8) is 0 Å². The van der Waals surface area contributed by atoms with E-state index in [9.17, 15) is 19.5 Å². The lowest BCUT2D eigenvalue weighted by molar-refractivity contribution is -0.155. The number of aromatic nitrogens is 1. The zero-order valence-electron chi connectivity index (χ0n) is 16.5. The number of carbonyl (C=O) groups is 2. The molecule has 0 atom stereocenters. The molecule has 0 saturated carbocycles. The number of aryl methyl sites for hydroxylation is 3. The minimum atomic E-state index is -1.33. The highest BCUT2D eigenvalue weighted by Gasteiger charge is 2.20. The van der Waals surface area contributed by atoms with E-state index in [-0.39, 0.29) is 12.1 Å². The van der Waals surface area contributed by atoms with Gasteiger partial charge in [-0.05, 0) is 69.9 Å². The topological polar surface area (TPSA) is 85.6 Å². The predicted molar refractivity (Wildman–Crippen MR) is 103 cm³/mol.